The summed E-state index contributed by atoms with van der Waals surface area (Å²) in [4.78, 5) is 15.9. The normalized spacial score (nSPS) is 16.7. The average Bonchev–Trinajstić information content (AvgIpc) is 2.39. The monoisotopic (exact) mass is 286 g/mol. The Balaban J connectivity index is 2.01. The molecule has 19 heavy (non-hydrogen) atoms. The van der Waals surface area contributed by atoms with E-state index < -0.39 is 5.82 Å². The van der Waals surface area contributed by atoms with Crippen LogP contribution in [-0.2, 0) is 0 Å². The molecule has 0 bridgehead atoms. The molecule has 0 saturated carbocycles. The van der Waals surface area contributed by atoms with Crippen molar-refractivity contribution >= 4 is 17.5 Å². The van der Waals surface area contributed by atoms with Crippen LogP contribution in [0.15, 0.2) is 18.2 Å². The Kier molecular flexibility index (Phi) is 4.74. The van der Waals surface area contributed by atoms with Crippen molar-refractivity contribution in [2.75, 3.05) is 39.3 Å². The number of rotatable bonds is 3. The zero-order valence-corrected chi connectivity index (χ0v) is 11.2. The van der Waals surface area contributed by atoms with Gasteiger partial charge in [-0.3, -0.25) is 9.69 Å². The summed E-state index contributed by atoms with van der Waals surface area (Å²) < 4.78 is 13.7. The fourth-order valence-electron chi connectivity index (χ4n) is 2.15. The molecule has 2 rings (SSSR count). The average molecular weight is 287 g/mol. The molecule has 1 amide bonds. The molecule has 0 aromatic heterocycles. The van der Waals surface area contributed by atoms with E-state index in [-0.39, 0.29) is 23.1 Å². The van der Waals surface area contributed by atoms with Crippen molar-refractivity contribution in [3.63, 3.8) is 0 Å². The number of β-amino-alcohol motifs (C(OH)–C–C–N with tert-alkyl or cyclic N) is 1. The van der Waals surface area contributed by atoms with Crippen LogP contribution < -0.4 is 0 Å². The van der Waals surface area contributed by atoms with E-state index in [0.717, 1.165) is 6.07 Å². The minimum atomic E-state index is -0.588. The summed E-state index contributed by atoms with van der Waals surface area (Å²) in [5, 5.41) is 9.13. The van der Waals surface area contributed by atoms with Gasteiger partial charge in [0.15, 0.2) is 0 Å². The molecule has 0 aliphatic carbocycles. The molecule has 1 fully saturated rings. The molecule has 0 atom stereocenters. The first-order chi connectivity index (χ1) is 9.11. The number of amides is 1. The summed E-state index contributed by atoms with van der Waals surface area (Å²) in [5.41, 5.74) is 0.0556. The van der Waals surface area contributed by atoms with Crippen LogP contribution in [0.4, 0.5) is 4.39 Å². The van der Waals surface area contributed by atoms with Gasteiger partial charge in [-0.15, -0.1) is 0 Å². The number of nitrogens with zero attached hydrogens (tertiary/aromatic N) is 2. The molecule has 0 radical (unpaired) electrons. The molecule has 0 spiro atoms. The number of aliphatic hydroxyl groups is 1. The van der Waals surface area contributed by atoms with Crippen molar-refractivity contribution in [2.24, 2.45) is 0 Å². The number of carbonyl (C=O) groups excluding carboxylic acids is 1. The number of hydrogen-bond acceptors (Lipinski definition) is 3. The fourth-order valence-corrected chi connectivity index (χ4v) is 2.31. The lowest BCUT2D eigenvalue weighted by atomic mass is 10.1. The second kappa shape index (κ2) is 6.32. The summed E-state index contributed by atoms with van der Waals surface area (Å²) >= 11 is 5.67. The van der Waals surface area contributed by atoms with Gasteiger partial charge in [-0.2, -0.15) is 0 Å². The Hall–Kier alpha value is -1.17. The summed E-state index contributed by atoms with van der Waals surface area (Å²) in [6, 6.07) is 4.08. The summed E-state index contributed by atoms with van der Waals surface area (Å²) in [6.45, 7) is 3.20. The molecule has 1 aromatic rings. The predicted molar refractivity (Wildman–Crippen MR) is 70.8 cm³/mol. The molecule has 1 heterocycles. The fraction of sp³-hybridized carbons (Fsp3) is 0.462. The number of benzene rings is 1. The van der Waals surface area contributed by atoms with Gasteiger partial charge in [0.2, 0.25) is 0 Å². The molecule has 1 N–H and O–H groups in total. The molecule has 0 unspecified atom stereocenters. The van der Waals surface area contributed by atoms with Crippen molar-refractivity contribution in [1.29, 1.82) is 0 Å². The highest BCUT2D eigenvalue weighted by atomic mass is 35.5. The van der Waals surface area contributed by atoms with Gasteiger partial charge < -0.3 is 10.0 Å². The molecule has 1 aliphatic rings. The first-order valence-electron chi connectivity index (χ1n) is 6.19. The maximum Gasteiger partial charge on any atom is 0.256 e. The van der Waals surface area contributed by atoms with Gasteiger partial charge in [0.1, 0.15) is 5.82 Å². The second-order valence-electron chi connectivity index (χ2n) is 4.48. The van der Waals surface area contributed by atoms with Crippen molar-refractivity contribution in [3.05, 3.63) is 34.6 Å². The van der Waals surface area contributed by atoms with Gasteiger partial charge in [-0.25, -0.2) is 4.39 Å². The number of aliphatic hydroxyl groups excluding tert-OH is 1. The molecular weight excluding hydrogens is 271 g/mol. The lowest BCUT2D eigenvalue weighted by Gasteiger charge is -2.34. The van der Waals surface area contributed by atoms with Gasteiger partial charge in [-0.05, 0) is 18.2 Å². The van der Waals surface area contributed by atoms with Crippen molar-refractivity contribution in [1.82, 2.24) is 9.80 Å². The molecule has 6 heteroatoms. The van der Waals surface area contributed by atoms with E-state index >= 15 is 0 Å². The van der Waals surface area contributed by atoms with Crippen LogP contribution >= 0.6 is 11.6 Å². The highest BCUT2D eigenvalue weighted by Gasteiger charge is 2.23. The highest BCUT2D eigenvalue weighted by Crippen LogP contribution is 2.17. The maximum absolute atomic E-state index is 13.7. The van der Waals surface area contributed by atoms with Gasteiger partial charge in [0, 0.05) is 37.7 Å². The Bertz CT molecular complexity index is 462. The molecular formula is C13H16ClFN2O2. The van der Waals surface area contributed by atoms with Crippen LogP contribution in [-0.4, -0.2) is 60.1 Å². The van der Waals surface area contributed by atoms with Gasteiger partial charge in [-0.1, -0.05) is 11.6 Å². The minimum absolute atomic E-state index is 0.0556. The van der Waals surface area contributed by atoms with E-state index in [9.17, 15) is 9.18 Å². The van der Waals surface area contributed by atoms with Crippen molar-refractivity contribution in [2.45, 2.75) is 0 Å². The van der Waals surface area contributed by atoms with Crippen molar-refractivity contribution in [3.8, 4) is 0 Å². The summed E-state index contributed by atoms with van der Waals surface area (Å²) in [7, 11) is 0. The van der Waals surface area contributed by atoms with E-state index in [1.807, 2.05) is 0 Å². The van der Waals surface area contributed by atoms with Crippen LogP contribution in [0.1, 0.15) is 10.4 Å². The zero-order valence-electron chi connectivity index (χ0n) is 10.5. The lowest BCUT2D eigenvalue weighted by molar-refractivity contribution is 0.0610. The van der Waals surface area contributed by atoms with Gasteiger partial charge in [0.05, 0.1) is 12.2 Å². The summed E-state index contributed by atoms with van der Waals surface area (Å²) in [5.74, 6) is -0.895. The molecule has 1 aliphatic heterocycles. The Morgan fingerprint density at radius 3 is 2.58 bits per heavy atom. The molecule has 104 valence electrons. The number of hydrogen-bond donors (Lipinski definition) is 1. The van der Waals surface area contributed by atoms with Crippen molar-refractivity contribution < 1.29 is 14.3 Å². The predicted octanol–water partition coefficient (Wildman–Crippen LogP) is 1.23. The zero-order chi connectivity index (χ0) is 13.8. The third-order valence-corrected chi connectivity index (χ3v) is 3.47. The topological polar surface area (TPSA) is 43.8 Å². The quantitative estimate of drug-likeness (QED) is 0.909. The number of halogens is 2. The first kappa shape index (κ1) is 14.2. The largest absolute Gasteiger partial charge is 0.395 e. The van der Waals surface area contributed by atoms with Crippen LogP contribution in [0.3, 0.4) is 0 Å². The first-order valence-corrected chi connectivity index (χ1v) is 6.57. The maximum atomic E-state index is 13.7. The number of piperazine rings is 1. The minimum Gasteiger partial charge on any atom is -0.395 e. The van der Waals surface area contributed by atoms with E-state index in [2.05, 4.69) is 4.90 Å². The van der Waals surface area contributed by atoms with E-state index in [1.54, 1.807) is 4.90 Å². The SMILES string of the molecule is O=C(c1ccc(Cl)cc1F)N1CCN(CCO)CC1. The molecule has 4 nitrogen and oxygen atoms in total. The highest BCUT2D eigenvalue weighted by molar-refractivity contribution is 6.30. The lowest BCUT2D eigenvalue weighted by Crippen LogP contribution is -2.49. The van der Waals surface area contributed by atoms with Crippen LogP contribution in [0.2, 0.25) is 5.02 Å². The number of carbonyl (C=O) groups is 1. The van der Waals surface area contributed by atoms with E-state index in [4.69, 9.17) is 16.7 Å². The van der Waals surface area contributed by atoms with Gasteiger partial charge in [0.25, 0.3) is 5.91 Å². The van der Waals surface area contributed by atoms with E-state index in [1.165, 1.54) is 12.1 Å². The second-order valence-corrected chi connectivity index (χ2v) is 4.92. The van der Waals surface area contributed by atoms with Gasteiger partial charge >= 0.3 is 0 Å². The Labute approximate surface area is 116 Å². The molecule has 1 aromatic carbocycles. The summed E-state index contributed by atoms with van der Waals surface area (Å²) in [6.07, 6.45) is 0. The molecule has 1 saturated heterocycles. The third-order valence-electron chi connectivity index (χ3n) is 3.24. The smallest absolute Gasteiger partial charge is 0.256 e. The van der Waals surface area contributed by atoms with E-state index in [0.29, 0.717) is 32.7 Å². The van der Waals surface area contributed by atoms with Crippen LogP contribution in [0, 0.1) is 5.82 Å². The third kappa shape index (κ3) is 3.43. The van der Waals surface area contributed by atoms with Crippen LogP contribution in [0.5, 0.6) is 0 Å². The standard InChI is InChI=1S/C13H16ClFN2O2/c14-10-1-2-11(12(15)9-10)13(19)17-5-3-16(4-6-17)7-8-18/h1-2,9,18H,3-8H2. The van der Waals surface area contributed by atoms with Crippen LogP contribution in [0.25, 0.3) is 0 Å². The Morgan fingerprint density at radius 1 is 1.32 bits per heavy atom. The Morgan fingerprint density at radius 2 is 2.00 bits per heavy atom.